The highest BCUT2D eigenvalue weighted by Gasteiger charge is 2.19. The molecule has 0 bridgehead atoms. The van der Waals surface area contributed by atoms with Crippen molar-refractivity contribution in [2.45, 2.75) is 297 Å². The summed E-state index contributed by atoms with van der Waals surface area (Å²) in [5, 5.41) is 0. The van der Waals surface area contributed by atoms with E-state index in [-0.39, 0.29) is 31.1 Å². The minimum Gasteiger partial charge on any atom is -0.462 e. The van der Waals surface area contributed by atoms with Crippen LogP contribution < -0.4 is 0 Å². The molecule has 0 amide bonds. The van der Waals surface area contributed by atoms with Crippen molar-refractivity contribution in [2.24, 2.45) is 0 Å². The van der Waals surface area contributed by atoms with Crippen molar-refractivity contribution in [3.05, 3.63) is 48.6 Å². The molecule has 0 saturated carbocycles. The molecule has 0 rings (SSSR count). The summed E-state index contributed by atoms with van der Waals surface area (Å²) in [7, 11) is 0. The largest absolute Gasteiger partial charge is 0.462 e. The first-order chi connectivity index (χ1) is 32.0. The van der Waals surface area contributed by atoms with Gasteiger partial charge in [0.2, 0.25) is 0 Å². The Kier molecular flexibility index (Phi) is 51.8. The smallest absolute Gasteiger partial charge is 0.306 e. The second-order valence-corrected chi connectivity index (χ2v) is 18.8. The lowest BCUT2D eigenvalue weighted by Gasteiger charge is -2.18. The van der Waals surface area contributed by atoms with Gasteiger partial charge in [-0.3, -0.25) is 14.4 Å². The van der Waals surface area contributed by atoms with E-state index in [4.69, 9.17) is 14.2 Å². The Bertz CT molecular complexity index is 1140. The number of allylic oxidation sites excluding steroid dienone is 8. The van der Waals surface area contributed by atoms with Gasteiger partial charge in [0.05, 0.1) is 0 Å². The molecule has 0 aliphatic heterocycles. The topological polar surface area (TPSA) is 78.9 Å². The Hall–Kier alpha value is -2.63. The zero-order chi connectivity index (χ0) is 47.2. The summed E-state index contributed by atoms with van der Waals surface area (Å²) < 4.78 is 16.8. The van der Waals surface area contributed by atoms with Crippen molar-refractivity contribution in [1.29, 1.82) is 0 Å². The third-order valence-corrected chi connectivity index (χ3v) is 12.3. The number of carbonyl (C=O) groups is 3. The molecule has 0 radical (unpaired) electrons. The SMILES string of the molecule is CCCCC/C=C\C/C=C\C/C=C\CCCCC(=O)OC[C@H](COC(=O)CCCCCCC/C=C\CCCCCC)OC(=O)CCCCCCCCCCCCCCCCCCCCC. The van der Waals surface area contributed by atoms with Gasteiger partial charge < -0.3 is 14.2 Å². The summed E-state index contributed by atoms with van der Waals surface area (Å²) in [4.78, 5) is 38.1. The van der Waals surface area contributed by atoms with Crippen LogP contribution in [-0.2, 0) is 28.6 Å². The Morgan fingerprint density at radius 2 is 0.554 bits per heavy atom. The Morgan fingerprint density at radius 1 is 0.308 bits per heavy atom. The van der Waals surface area contributed by atoms with Crippen molar-refractivity contribution in [1.82, 2.24) is 0 Å². The number of carbonyl (C=O) groups excluding carboxylic acids is 3. The fourth-order valence-electron chi connectivity index (χ4n) is 8.03. The predicted molar refractivity (Wildman–Crippen MR) is 279 cm³/mol. The van der Waals surface area contributed by atoms with E-state index in [0.717, 1.165) is 77.0 Å². The number of hydrogen-bond acceptors (Lipinski definition) is 6. The van der Waals surface area contributed by atoms with Crippen LogP contribution in [0.5, 0.6) is 0 Å². The van der Waals surface area contributed by atoms with Crippen LogP contribution in [0.15, 0.2) is 48.6 Å². The lowest BCUT2D eigenvalue weighted by Crippen LogP contribution is -2.30. The summed E-state index contributed by atoms with van der Waals surface area (Å²) >= 11 is 0. The molecule has 378 valence electrons. The summed E-state index contributed by atoms with van der Waals surface area (Å²) in [6, 6.07) is 0. The van der Waals surface area contributed by atoms with E-state index in [9.17, 15) is 14.4 Å². The summed E-state index contributed by atoms with van der Waals surface area (Å²) in [6.45, 7) is 6.59. The monoisotopic (exact) mass is 911 g/mol. The highest BCUT2D eigenvalue weighted by Crippen LogP contribution is 2.16. The average Bonchev–Trinajstić information content (AvgIpc) is 3.30. The standard InChI is InChI=1S/C59H106O6/c1-4-7-10-13-16-19-22-25-27-28-29-30-32-35-38-41-44-47-50-53-59(62)65-56(54-63-57(60)51-48-45-42-39-36-33-24-21-18-15-12-9-6-3)55-64-58(61)52-49-46-43-40-37-34-31-26-23-20-17-14-11-8-5-2/h17,20-21,24,26,31,37,40,56H,4-16,18-19,22-23,25,27-30,32-36,38-39,41-55H2,1-3H3/b20-17-,24-21-,31-26-,40-37-/t56-/m0/s1. The van der Waals surface area contributed by atoms with Crippen LogP contribution in [0.2, 0.25) is 0 Å². The molecule has 0 aromatic carbocycles. The Balaban J connectivity index is 4.38. The minimum atomic E-state index is -0.789. The maximum atomic E-state index is 12.8. The van der Waals surface area contributed by atoms with Gasteiger partial charge in [0, 0.05) is 19.3 Å². The van der Waals surface area contributed by atoms with Crippen LogP contribution >= 0.6 is 0 Å². The summed E-state index contributed by atoms with van der Waals surface area (Å²) in [5.41, 5.74) is 0. The molecular weight excluding hydrogens is 805 g/mol. The summed E-state index contributed by atoms with van der Waals surface area (Å²) in [5.74, 6) is -0.922. The van der Waals surface area contributed by atoms with Gasteiger partial charge in [-0.2, -0.15) is 0 Å². The molecule has 0 fully saturated rings. The number of hydrogen-bond donors (Lipinski definition) is 0. The molecular formula is C59H106O6. The van der Waals surface area contributed by atoms with E-state index >= 15 is 0 Å². The van der Waals surface area contributed by atoms with Crippen molar-refractivity contribution < 1.29 is 28.6 Å². The lowest BCUT2D eigenvalue weighted by molar-refractivity contribution is -0.167. The maximum absolute atomic E-state index is 12.8. The molecule has 6 heteroatoms. The first kappa shape index (κ1) is 62.4. The van der Waals surface area contributed by atoms with Gasteiger partial charge in [0.1, 0.15) is 13.2 Å². The quantitative estimate of drug-likeness (QED) is 0.0262. The molecule has 6 nitrogen and oxygen atoms in total. The Morgan fingerprint density at radius 3 is 0.954 bits per heavy atom. The van der Waals surface area contributed by atoms with Gasteiger partial charge >= 0.3 is 17.9 Å². The van der Waals surface area contributed by atoms with Crippen LogP contribution in [0, 0.1) is 0 Å². The van der Waals surface area contributed by atoms with Gasteiger partial charge in [-0.1, -0.05) is 236 Å². The second-order valence-electron chi connectivity index (χ2n) is 18.8. The van der Waals surface area contributed by atoms with E-state index in [2.05, 4.69) is 69.4 Å². The van der Waals surface area contributed by atoms with Crippen LogP contribution in [0.25, 0.3) is 0 Å². The fraction of sp³-hybridized carbons (Fsp3) is 0.814. The average molecular weight is 911 g/mol. The number of ether oxygens (including phenoxy) is 3. The highest BCUT2D eigenvalue weighted by molar-refractivity contribution is 5.71. The van der Waals surface area contributed by atoms with Crippen molar-refractivity contribution >= 4 is 17.9 Å². The molecule has 0 aromatic heterocycles. The fourth-order valence-corrected chi connectivity index (χ4v) is 8.03. The number of unbranched alkanes of at least 4 members (excludes halogenated alkanes) is 32. The Labute approximate surface area is 403 Å². The van der Waals surface area contributed by atoms with Crippen molar-refractivity contribution in [3.8, 4) is 0 Å². The zero-order valence-electron chi connectivity index (χ0n) is 43.3. The molecule has 0 spiro atoms. The van der Waals surface area contributed by atoms with Crippen molar-refractivity contribution in [2.75, 3.05) is 13.2 Å². The van der Waals surface area contributed by atoms with E-state index in [0.29, 0.717) is 19.3 Å². The number of esters is 3. The molecule has 0 unspecified atom stereocenters. The van der Waals surface area contributed by atoms with E-state index in [1.807, 2.05) is 0 Å². The molecule has 0 N–H and O–H groups in total. The van der Waals surface area contributed by atoms with E-state index < -0.39 is 6.10 Å². The normalized spacial score (nSPS) is 12.4. The third kappa shape index (κ3) is 52.2. The van der Waals surface area contributed by atoms with Crippen LogP contribution in [0.3, 0.4) is 0 Å². The minimum absolute atomic E-state index is 0.0870. The second kappa shape index (κ2) is 54.0. The van der Waals surface area contributed by atoms with Crippen molar-refractivity contribution in [3.63, 3.8) is 0 Å². The predicted octanol–water partition coefficient (Wildman–Crippen LogP) is 18.7. The molecule has 0 aliphatic rings. The van der Waals surface area contributed by atoms with Gasteiger partial charge in [-0.15, -0.1) is 0 Å². The molecule has 65 heavy (non-hydrogen) atoms. The molecule has 0 aliphatic carbocycles. The molecule has 1 atom stereocenters. The van der Waals surface area contributed by atoms with E-state index in [1.54, 1.807) is 0 Å². The summed E-state index contributed by atoms with van der Waals surface area (Å²) in [6.07, 6.45) is 65.3. The van der Waals surface area contributed by atoms with Gasteiger partial charge in [-0.05, 0) is 83.5 Å². The lowest BCUT2D eigenvalue weighted by atomic mass is 10.0. The molecule has 0 heterocycles. The first-order valence-corrected chi connectivity index (χ1v) is 28.1. The third-order valence-electron chi connectivity index (χ3n) is 12.3. The van der Waals surface area contributed by atoms with E-state index in [1.165, 1.54) is 173 Å². The number of rotatable bonds is 51. The maximum Gasteiger partial charge on any atom is 0.306 e. The molecule has 0 saturated heterocycles. The van der Waals surface area contributed by atoms with Crippen LogP contribution in [-0.4, -0.2) is 37.2 Å². The highest BCUT2D eigenvalue weighted by atomic mass is 16.6. The molecule has 0 aromatic rings. The van der Waals surface area contributed by atoms with Gasteiger partial charge in [0.15, 0.2) is 6.10 Å². The van der Waals surface area contributed by atoms with Gasteiger partial charge in [0.25, 0.3) is 0 Å². The zero-order valence-corrected chi connectivity index (χ0v) is 43.3. The first-order valence-electron chi connectivity index (χ1n) is 28.1. The van der Waals surface area contributed by atoms with Gasteiger partial charge in [-0.25, -0.2) is 0 Å². The van der Waals surface area contributed by atoms with Crippen LogP contribution in [0.4, 0.5) is 0 Å². The van der Waals surface area contributed by atoms with Crippen LogP contribution in [0.1, 0.15) is 290 Å².